The Bertz CT molecular complexity index is 750. The lowest BCUT2D eigenvalue weighted by Gasteiger charge is -2.06. The molecule has 7 heteroatoms. The van der Waals surface area contributed by atoms with E-state index >= 15 is 0 Å². The molecule has 0 saturated carbocycles. The first-order valence-corrected chi connectivity index (χ1v) is 6.68. The number of carboxylic acids is 1. The molecule has 0 saturated heterocycles. The zero-order valence-corrected chi connectivity index (χ0v) is 11.1. The number of nitrogens with two attached hydrogens (primary N) is 1. The molecule has 20 heavy (non-hydrogen) atoms. The normalized spacial score (nSPS) is 10.8. The smallest absolute Gasteiger partial charge is 0.337 e. The molecule has 0 aliphatic rings. The zero-order chi connectivity index (χ0) is 14.1. The molecule has 0 radical (unpaired) electrons. The number of ether oxygens (including phenoxy) is 1. The maximum atomic E-state index is 11.0. The number of fused-ring (bicyclic) bond motifs is 1. The minimum atomic E-state index is -1.07. The quantitative estimate of drug-likeness (QED) is 0.719. The second kappa shape index (κ2) is 4.86. The number of aromatic carboxylic acids is 1. The van der Waals surface area contributed by atoms with Gasteiger partial charge in [0.05, 0.1) is 11.3 Å². The largest absolute Gasteiger partial charge is 0.487 e. The van der Waals surface area contributed by atoms with Crippen LogP contribution in [0.1, 0.15) is 16.1 Å². The summed E-state index contributed by atoms with van der Waals surface area (Å²) in [6.45, 7) is 0.275. The Labute approximate surface area is 118 Å². The Morgan fingerprint density at radius 1 is 1.50 bits per heavy atom. The summed E-state index contributed by atoms with van der Waals surface area (Å²) in [5.74, 6) is -0.622. The van der Waals surface area contributed by atoms with E-state index in [1.54, 1.807) is 17.4 Å². The van der Waals surface area contributed by atoms with Crippen LogP contribution in [0.5, 0.6) is 5.75 Å². The maximum Gasteiger partial charge on any atom is 0.337 e. The predicted molar refractivity (Wildman–Crippen MR) is 75.2 cm³/mol. The average molecular weight is 289 g/mol. The average Bonchev–Trinajstić information content (AvgIpc) is 2.98. The highest BCUT2D eigenvalue weighted by molar-refractivity contribution is 7.15. The van der Waals surface area contributed by atoms with Crippen molar-refractivity contribution in [2.75, 3.05) is 5.73 Å². The SMILES string of the molecule is Nc1ccc(OCc2cn3ccsc3n2)cc1C(=O)O. The number of nitrogen functional groups attached to an aromatic ring is 1. The zero-order valence-electron chi connectivity index (χ0n) is 10.3. The number of carboxylic acid groups (broad SMARTS) is 1. The number of hydrogen-bond donors (Lipinski definition) is 2. The van der Waals surface area contributed by atoms with Crippen molar-refractivity contribution in [3.63, 3.8) is 0 Å². The molecule has 3 aromatic rings. The lowest BCUT2D eigenvalue weighted by molar-refractivity contribution is 0.0697. The van der Waals surface area contributed by atoms with E-state index in [1.807, 2.05) is 22.2 Å². The predicted octanol–water partition coefficient (Wildman–Crippen LogP) is 2.26. The van der Waals surface area contributed by atoms with Crippen LogP contribution in [-0.4, -0.2) is 20.5 Å². The Balaban J connectivity index is 1.76. The topological polar surface area (TPSA) is 89.9 Å². The minimum absolute atomic E-state index is 0.0355. The molecule has 2 aromatic heterocycles. The van der Waals surface area contributed by atoms with Crippen LogP contribution in [0.25, 0.3) is 4.96 Å². The first-order valence-electron chi connectivity index (χ1n) is 5.80. The van der Waals surface area contributed by atoms with Crippen LogP contribution < -0.4 is 10.5 Å². The van der Waals surface area contributed by atoms with Crippen molar-refractivity contribution in [1.82, 2.24) is 9.38 Å². The molecule has 0 fully saturated rings. The van der Waals surface area contributed by atoms with Crippen LogP contribution in [0.2, 0.25) is 0 Å². The molecular formula is C13H11N3O3S. The molecule has 3 rings (SSSR count). The number of imidazole rings is 1. The van der Waals surface area contributed by atoms with Gasteiger partial charge in [-0.3, -0.25) is 4.40 Å². The van der Waals surface area contributed by atoms with Crippen molar-refractivity contribution in [1.29, 1.82) is 0 Å². The number of carbonyl (C=O) groups is 1. The van der Waals surface area contributed by atoms with Crippen LogP contribution in [0.4, 0.5) is 5.69 Å². The number of anilines is 1. The summed E-state index contributed by atoms with van der Waals surface area (Å²) in [6.07, 6.45) is 3.80. The molecule has 3 N–H and O–H groups in total. The van der Waals surface area contributed by atoms with Crippen molar-refractivity contribution in [3.05, 3.63) is 47.2 Å². The van der Waals surface area contributed by atoms with Gasteiger partial charge in [-0.05, 0) is 18.2 Å². The van der Waals surface area contributed by atoms with Gasteiger partial charge in [-0.2, -0.15) is 0 Å². The summed E-state index contributed by atoms with van der Waals surface area (Å²) in [4.78, 5) is 16.3. The van der Waals surface area contributed by atoms with Gasteiger partial charge in [0.25, 0.3) is 0 Å². The molecule has 102 valence electrons. The number of thiazole rings is 1. The molecule has 0 aliphatic heterocycles. The van der Waals surface area contributed by atoms with E-state index in [9.17, 15) is 4.79 Å². The Morgan fingerprint density at radius 3 is 3.10 bits per heavy atom. The van der Waals surface area contributed by atoms with Gasteiger partial charge in [-0.15, -0.1) is 11.3 Å². The molecule has 0 aliphatic carbocycles. The van der Waals surface area contributed by atoms with Gasteiger partial charge < -0.3 is 15.6 Å². The van der Waals surface area contributed by atoms with Crippen molar-refractivity contribution in [3.8, 4) is 5.75 Å². The van der Waals surface area contributed by atoms with E-state index in [1.165, 1.54) is 12.1 Å². The second-order valence-electron chi connectivity index (χ2n) is 4.17. The Morgan fingerprint density at radius 2 is 2.35 bits per heavy atom. The molecule has 0 unspecified atom stereocenters. The van der Waals surface area contributed by atoms with Gasteiger partial charge in [-0.25, -0.2) is 9.78 Å². The van der Waals surface area contributed by atoms with Crippen LogP contribution in [-0.2, 0) is 6.61 Å². The summed E-state index contributed by atoms with van der Waals surface area (Å²) < 4.78 is 7.46. The number of rotatable bonds is 4. The first kappa shape index (κ1) is 12.5. The highest BCUT2D eigenvalue weighted by Gasteiger charge is 2.10. The molecule has 6 nitrogen and oxygen atoms in total. The van der Waals surface area contributed by atoms with E-state index in [0.717, 1.165) is 10.7 Å². The van der Waals surface area contributed by atoms with E-state index in [-0.39, 0.29) is 17.9 Å². The molecule has 0 bridgehead atoms. The van der Waals surface area contributed by atoms with Crippen molar-refractivity contribution in [2.24, 2.45) is 0 Å². The Hall–Kier alpha value is -2.54. The van der Waals surface area contributed by atoms with Crippen LogP contribution in [0.3, 0.4) is 0 Å². The van der Waals surface area contributed by atoms with Gasteiger partial charge in [-0.1, -0.05) is 0 Å². The van der Waals surface area contributed by atoms with Crippen molar-refractivity contribution in [2.45, 2.75) is 6.61 Å². The summed E-state index contributed by atoms with van der Waals surface area (Å²) >= 11 is 1.54. The van der Waals surface area contributed by atoms with Gasteiger partial charge >= 0.3 is 5.97 Å². The highest BCUT2D eigenvalue weighted by atomic mass is 32.1. The van der Waals surface area contributed by atoms with E-state index in [2.05, 4.69) is 4.98 Å². The summed E-state index contributed by atoms with van der Waals surface area (Å²) in [5.41, 5.74) is 6.62. The molecule has 0 amide bonds. The van der Waals surface area contributed by atoms with E-state index in [4.69, 9.17) is 15.6 Å². The number of nitrogens with zero attached hydrogens (tertiary/aromatic N) is 2. The maximum absolute atomic E-state index is 11.0. The fourth-order valence-electron chi connectivity index (χ4n) is 1.81. The highest BCUT2D eigenvalue weighted by Crippen LogP contribution is 2.21. The first-order chi connectivity index (χ1) is 9.63. The third kappa shape index (κ3) is 2.30. The molecule has 1 aromatic carbocycles. The Kier molecular flexibility index (Phi) is 3.03. The van der Waals surface area contributed by atoms with Crippen molar-refractivity contribution < 1.29 is 14.6 Å². The van der Waals surface area contributed by atoms with Crippen molar-refractivity contribution >= 4 is 28.0 Å². The summed E-state index contributed by atoms with van der Waals surface area (Å²) in [5, 5.41) is 10.9. The monoisotopic (exact) mass is 289 g/mol. The standard InChI is InChI=1S/C13H11N3O3S/c14-11-2-1-9(5-10(11)12(17)18)19-7-8-6-16-3-4-20-13(16)15-8/h1-6H,7,14H2,(H,17,18). The molecule has 0 atom stereocenters. The molecular weight excluding hydrogens is 278 g/mol. The van der Waals surface area contributed by atoms with Gasteiger partial charge in [0.1, 0.15) is 12.4 Å². The van der Waals surface area contributed by atoms with Crippen LogP contribution >= 0.6 is 11.3 Å². The molecule has 0 spiro atoms. The third-order valence-corrected chi connectivity index (χ3v) is 3.56. The van der Waals surface area contributed by atoms with Gasteiger partial charge in [0.2, 0.25) is 0 Å². The van der Waals surface area contributed by atoms with E-state index < -0.39 is 5.97 Å². The summed E-state index contributed by atoms with van der Waals surface area (Å²) in [7, 11) is 0. The van der Waals surface area contributed by atoms with E-state index in [0.29, 0.717) is 5.75 Å². The summed E-state index contributed by atoms with van der Waals surface area (Å²) in [6, 6.07) is 4.57. The minimum Gasteiger partial charge on any atom is -0.487 e. The second-order valence-corrected chi connectivity index (χ2v) is 5.04. The molecule has 2 heterocycles. The number of hydrogen-bond acceptors (Lipinski definition) is 5. The van der Waals surface area contributed by atoms with Gasteiger partial charge in [0, 0.05) is 23.5 Å². The fraction of sp³-hybridized carbons (Fsp3) is 0.0769. The van der Waals surface area contributed by atoms with Crippen LogP contribution in [0, 0.1) is 0 Å². The van der Waals surface area contributed by atoms with Crippen LogP contribution in [0.15, 0.2) is 36.0 Å². The third-order valence-electron chi connectivity index (χ3n) is 2.79. The fourth-order valence-corrected chi connectivity index (χ4v) is 2.53. The van der Waals surface area contributed by atoms with Gasteiger partial charge in [0.15, 0.2) is 4.96 Å². The lowest BCUT2D eigenvalue weighted by atomic mass is 10.2. The lowest BCUT2D eigenvalue weighted by Crippen LogP contribution is -2.03. The number of aromatic nitrogens is 2. The number of benzene rings is 1.